The molecule has 2 bridgehead atoms. The van der Waals surface area contributed by atoms with E-state index in [9.17, 15) is 18.4 Å². The first-order valence-electron chi connectivity index (χ1n) is 11.5. The van der Waals surface area contributed by atoms with Gasteiger partial charge in [-0.1, -0.05) is 6.07 Å². The van der Waals surface area contributed by atoms with Crippen LogP contribution in [0, 0.1) is 17.6 Å². The highest BCUT2D eigenvalue weighted by Crippen LogP contribution is 2.31. The lowest BCUT2D eigenvalue weighted by atomic mass is 9.90. The molecule has 0 radical (unpaired) electrons. The number of primary amides is 1. The first-order valence-corrected chi connectivity index (χ1v) is 11.5. The Labute approximate surface area is 200 Å². The molecule has 2 aromatic carbocycles. The van der Waals surface area contributed by atoms with Crippen molar-refractivity contribution in [1.82, 2.24) is 15.2 Å². The average Bonchev–Trinajstić information content (AvgIpc) is 2.98. The van der Waals surface area contributed by atoms with Crippen molar-refractivity contribution >= 4 is 23.4 Å². The minimum atomic E-state index is -0.927. The summed E-state index contributed by atoms with van der Waals surface area (Å²) in [4.78, 5) is 31.0. The van der Waals surface area contributed by atoms with E-state index in [1.807, 2.05) is 0 Å². The number of benzene rings is 2. The van der Waals surface area contributed by atoms with E-state index in [-0.39, 0.29) is 23.5 Å². The van der Waals surface area contributed by atoms with Crippen molar-refractivity contribution in [1.29, 1.82) is 0 Å². The maximum Gasteiger partial charge on any atom is 0.273 e. The van der Waals surface area contributed by atoms with E-state index >= 15 is 0 Å². The molecule has 35 heavy (non-hydrogen) atoms. The normalized spacial score (nSPS) is 21.4. The van der Waals surface area contributed by atoms with Crippen molar-refractivity contribution in [3.05, 3.63) is 65.4 Å². The van der Waals surface area contributed by atoms with Gasteiger partial charge in [0, 0.05) is 23.8 Å². The first-order chi connectivity index (χ1) is 16.9. The molecule has 3 aromatic rings. The molecule has 2 amide bonds. The topological polar surface area (TPSA) is 113 Å². The number of hydrogen-bond donors (Lipinski definition) is 3. The summed E-state index contributed by atoms with van der Waals surface area (Å²) in [6.45, 7) is 3.06. The Kier molecular flexibility index (Phi) is 6.21. The number of halogens is 2. The Hall–Kier alpha value is -3.79. The fourth-order valence-corrected chi connectivity index (χ4v) is 4.83. The molecular formula is C25H25F2N5O3. The molecule has 4 heterocycles. The molecule has 3 aliphatic rings. The molecular weight excluding hydrogens is 456 g/mol. The SMILES string of the molecule is NC(=O)c1nc(-c2c(F)cccc2F)oc1Nc1ccc(C(=O)NC2CN3CCCC2CC3)cc1. The smallest absolute Gasteiger partial charge is 0.273 e. The van der Waals surface area contributed by atoms with E-state index in [0.29, 0.717) is 17.2 Å². The van der Waals surface area contributed by atoms with Crippen LogP contribution in [-0.4, -0.2) is 47.4 Å². The molecule has 3 fully saturated rings. The van der Waals surface area contributed by atoms with E-state index in [1.54, 1.807) is 24.3 Å². The van der Waals surface area contributed by atoms with E-state index in [1.165, 1.54) is 6.07 Å². The molecule has 0 aliphatic carbocycles. The molecule has 10 heteroatoms. The van der Waals surface area contributed by atoms with Gasteiger partial charge in [0.05, 0.1) is 0 Å². The number of piperidine rings is 1. The van der Waals surface area contributed by atoms with Crippen LogP contribution in [0.2, 0.25) is 0 Å². The summed E-state index contributed by atoms with van der Waals surface area (Å²) >= 11 is 0. The number of carbonyl (C=O) groups excluding carboxylic acids is 2. The Bertz CT molecular complexity index is 1240. The lowest BCUT2D eigenvalue weighted by molar-refractivity contribution is 0.0879. The van der Waals surface area contributed by atoms with Crippen LogP contribution in [0.15, 0.2) is 46.9 Å². The molecule has 4 N–H and O–H groups in total. The van der Waals surface area contributed by atoms with Crippen LogP contribution in [0.3, 0.4) is 0 Å². The summed E-state index contributed by atoms with van der Waals surface area (Å²) in [5, 5.41) is 6.02. The zero-order valence-corrected chi connectivity index (χ0v) is 18.9. The Balaban J connectivity index is 1.32. The zero-order chi connectivity index (χ0) is 24.5. The van der Waals surface area contributed by atoms with Crippen molar-refractivity contribution in [2.45, 2.75) is 25.3 Å². The highest BCUT2D eigenvalue weighted by molar-refractivity contribution is 5.97. The van der Waals surface area contributed by atoms with Gasteiger partial charge in [0.15, 0.2) is 5.69 Å². The molecule has 3 atom stereocenters. The van der Waals surface area contributed by atoms with Crippen molar-refractivity contribution < 1.29 is 22.8 Å². The van der Waals surface area contributed by atoms with Gasteiger partial charge in [-0.25, -0.2) is 13.8 Å². The molecule has 8 nitrogen and oxygen atoms in total. The maximum absolute atomic E-state index is 14.1. The van der Waals surface area contributed by atoms with Gasteiger partial charge in [-0.2, -0.15) is 0 Å². The summed E-state index contributed by atoms with van der Waals surface area (Å²) in [5.41, 5.74) is 5.54. The van der Waals surface area contributed by atoms with Gasteiger partial charge in [0.25, 0.3) is 11.8 Å². The standard InChI is InChI=1S/C25H25F2N5O3/c26-17-4-1-5-18(27)20(17)24-31-21(22(28)33)25(35-24)29-16-8-6-15(7-9-16)23(34)30-19-13-32-11-2-3-14(19)10-12-32/h1,4-9,14,19,29H,2-3,10-13H2,(H2,28,33)(H,30,34). The molecule has 6 rings (SSSR count). The second-order valence-corrected chi connectivity index (χ2v) is 8.93. The van der Waals surface area contributed by atoms with Crippen LogP contribution >= 0.6 is 0 Å². The van der Waals surface area contributed by atoms with E-state index in [2.05, 4.69) is 20.5 Å². The summed E-state index contributed by atoms with van der Waals surface area (Å²) in [7, 11) is 0. The van der Waals surface area contributed by atoms with Gasteiger partial charge in [-0.05, 0) is 74.7 Å². The highest BCUT2D eigenvalue weighted by atomic mass is 19.1. The average molecular weight is 482 g/mol. The Morgan fingerprint density at radius 3 is 2.51 bits per heavy atom. The highest BCUT2D eigenvalue weighted by Gasteiger charge is 2.33. The van der Waals surface area contributed by atoms with Crippen molar-refractivity contribution in [3.8, 4) is 11.5 Å². The van der Waals surface area contributed by atoms with Gasteiger partial charge >= 0.3 is 0 Å². The van der Waals surface area contributed by atoms with Crippen LogP contribution in [0.25, 0.3) is 11.5 Å². The molecule has 1 aromatic heterocycles. The Morgan fingerprint density at radius 2 is 1.80 bits per heavy atom. The predicted octanol–water partition coefficient (Wildman–Crippen LogP) is 3.68. The fourth-order valence-electron chi connectivity index (χ4n) is 4.83. The second kappa shape index (κ2) is 9.46. The number of oxazole rings is 1. The van der Waals surface area contributed by atoms with Crippen LogP contribution in [0.5, 0.6) is 0 Å². The lowest BCUT2D eigenvalue weighted by Crippen LogP contribution is -2.50. The number of anilines is 2. The molecule has 0 spiro atoms. The molecule has 182 valence electrons. The van der Waals surface area contributed by atoms with E-state index in [0.717, 1.165) is 51.0 Å². The van der Waals surface area contributed by atoms with Gasteiger partial charge in [0.2, 0.25) is 11.8 Å². The number of hydrogen-bond acceptors (Lipinski definition) is 6. The second-order valence-electron chi connectivity index (χ2n) is 8.93. The van der Waals surface area contributed by atoms with Gasteiger partial charge in [-0.3, -0.25) is 9.59 Å². The molecule has 0 saturated carbocycles. The zero-order valence-electron chi connectivity index (χ0n) is 18.9. The minimum absolute atomic E-state index is 0.140. The largest absolute Gasteiger partial charge is 0.419 e. The van der Waals surface area contributed by atoms with Crippen molar-refractivity contribution in [2.75, 3.05) is 25.0 Å². The number of amides is 2. The third-order valence-electron chi connectivity index (χ3n) is 6.65. The Morgan fingerprint density at radius 1 is 1.06 bits per heavy atom. The van der Waals surface area contributed by atoms with Crippen molar-refractivity contribution in [3.63, 3.8) is 0 Å². The molecule has 3 unspecified atom stereocenters. The van der Waals surface area contributed by atoms with E-state index < -0.39 is 29.0 Å². The minimum Gasteiger partial charge on any atom is -0.419 e. The van der Waals surface area contributed by atoms with E-state index in [4.69, 9.17) is 10.2 Å². The lowest BCUT2D eigenvalue weighted by Gasteiger charge is -2.35. The fraction of sp³-hybridized carbons (Fsp3) is 0.320. The monoisotopic (exact) mass is 481 g/mol. The number of nitrogens with one attached hydrogen (secondary N) is 2. The summed E-state index contributed by atoms with van der Waals surface area (Å²) in [6, 6.07) is 10.0. The van der Waals surface area contributed by atoms with Gasteiger partial charge < -0.3 is 25.7 Å². The predicted molar refractivity (Wildman–Crippen MR) is 125 cm³/mol. The summed E-state index contributed by atoms with van der Waals surface area (Å²) < 4.78 is 33.8. The summed E-state index contributed by atoms with van der Waals surface area (Å²) in [5.74, 6) is -2.91. The maximum atomic E-state index is 14.1. The van der Waals surface area contributed by atoms with Crippen LogP contribution in [0.4, 0.5) is 20.4 Å². The molecule has 3 aliphatic heterocycles. The van der Waals surface area contributed by atoms with Gasteiger partial charge in [-0.15, -0.1) is 0 Å². The number of rotatable bonds is 6. The quantitative estimate of drug-likeness (QED) is 0.495. The number of fused-ring (bicyclic) bond motifs is 4. The summed E-state index contributed by atoms with van der Waals surface area (Å²) in [6.07, 6.45) is 3.39. The first kappa shape index (κ1) is 23.0. The van der Waals surface area contributed by atoms with Crippen LogP contribution in [0.1, 0.15) is 40.1 Å². The number of carbonyl (C=O) groups is 2. The number of nitrogens with zero attached hydrogens (tertiary/aromatic N) is 2. The van der Waals surface area contributed by atoms with Crippen LogP contribution < -0.4 is 16.4 Å². The molecule has 3 saturated heterocycles. The third-order valence-corrected chi connectivity index (χ3v) is 6.65. The van der Waals surface area contributed by atoms with Crippen LogP contribution in [-0.2, 0) is 0 Å². The number of aromatic nitrogens is 1. The number of nitrogens with two attached hydrogens (primary N) is 1. The van der Waals surface area contributed by atoms with Gasteiger partial charge in [0.1, 0.15) is 17.2 Å². The van der Waals surface area contributed by atoms with Crippen molar-refractivity contribution in [2.24, 2.45) is 11.7 Å². The third kappa shape index (κ3) is 4.74.